The molecule has 2 aliphatic heterocycles. The summed E-state index contributed by atoms with van der Waals surface area (Å²) in [7, 11) is 4.52. The Hall–Kier alpha value is -1.99. The topological polar surface area (TPSA) is 29.5 Å². The van der Waals surface area contributed by atoms with E-state index < -0.39 is 17.7 Å². The monoisotopic (exact) mass is 407 g/mol. The highest BCUT2D eigenvalue weighted by molar-refractivity contribution is 7.14. The Labute approximate surface area is 167 Å². The van der Waals surface area contributed by atoms with Gasteiger partial charge >= 0.3 is 6.09 Å². The average Bonchev–Trinajstić information content (AvgIpc) is 3.17. The number of carbonyl (C=O) groups is 1. The summed E-state index contributed by atoms with van der Waals surface area (Å²) in [6.45, 7) is 0.00654. The summed E-state index contributed by atoms with van der Waals surface area (Å²) in [6, 6.07) is 8.09. The van der Waals surface area contributed by atoms with E-state index in [4.69, 9.17) is 4.74 Å². The maximum Gasteiger partial charge on any atom is 0.415 e. The number of nitrogens with zero attached hydrogens (tertiary/aromatic N) is 2. The van der Waals surface area contributed by atoms with Crippen LogP contribution < -0.4 is 4.90 Å². The Kier molecular flexibility index (Phi) is 5.14. The van der Waals surface area contributed by atoms with Crippen LogP contribution in [0.15, 0.2) is 35.7 Å². The number of halogens is 2. The smallest absolute Gasteiger partial charge is 0.415 e. The summed E-state index contributed by atoms with van der Waals surface area (Å²) in [6.07, 6.45) is 3.47. The number of hydrogen-bond acceptors (Lipinski definition) is 3. The number of fused-ring (bicyclic) bond motifs is 2. The summed E-state index contributed by atoms with van der Waals surface area (Å²) in [5.74, 6) is -1.30. The Bertz CT molecular complexity index is 840. The second kappa shape index (κ2) is 7.44. The lowest BCUT2D eigenvalue weighted by molar-refractivity contribution is -0.931. The lowest BCUT2D eigenvalue weighted by atomic mass is 9.98. The third-order valence-corrected chi connectivity index (χ3v) is 7.28. The van der Waals surface area contributed by atoms with Crippen molar-refractivity contribution in [3.05, 3.63) is 52.9 Å². The fourth-order valence-corrected chi connectivity index (χ4v) is 5.33. The fraction of sp³-hybridized carbons (Fsp3) is 0.476. The van der Waals surface area contributed by atoms with Crippen LogP contribution >= 0.6 is 11.3 Å². The second-order valence-corrected chi connectivity index (χ2v) is 9.19. The summed E-state index contributed by atoms with van der Waals surface area (Å²) in [5.41, 5.74) is 0.258. The number of ether oxygens (including phenoxy) is 1. The number of benzene rings is 1. The summed E-state index contributed by atoms with van der Waals surface area (Å²) >= 11 is 1.39. The molecule has 2 fully saturated rings. The zero-order chi connectivity index (χ0) is 19.9. The molecule has 4 nitrogen and oxygen atoms in total. The van der Waals surface area contributed by atoms with Crippen LogP contribution in [-0.2, 0) is 11.3 Å². The molecule has 2 bridgehead atoms. The first kappa shape index (κ1) is 19.3. The molecule has 0 saturated carbocycles. The minimum Gasteiger partial charge on any atom is -0.445 e. The van der Waals surface area contributed by atoms with Crippen LogP contribution in [0.4, 0.5) is 18.6 Å². The van der Waals surface area contributed by atoms with Gasteiger partial charge in [0.1, 0.15) is 22.7 Å². The molecule has 0 aliphatic carbocycles. The van der Waals surface area contributed by atoms with Crippen molar-refractivity contribution >= 4 is 22.4 Å². The van der Waals surface area contributed by atoms with Crippen molar-refractivity contribution in [2.24, 2.45) is 0 Å². The SMILES string of the molecule is C[N+]1(C)C2CCC1CC(OC(=O)N(Cc1ccc(F)cc1F)c1cccs1)C2. The van der Waals surface area contributed by atoms with Gasteiger partial charge in [0.2, 0.25) is 0 Å². The first-order chi connectivity index (χ1) is 13.3. The summed E-state index contributed by atoms with van der Waals surface area (Å²) < 4.78 is 34.3. The van der Waals surface area contributed by atoms with Gasteiger partial charge in [-0.1, -0.05) is 6.07 Å². The van der Waals surface area contributed by atoms with E-state index in [9.17, 15) is 13.6 Å². The van der Waals surface area contributed by atoms with Crippen LogP contribution in [-0.4, -0.2) is 42.9 Å². The first-order valence-electron chi connectivity index (χ1n) is 9.63. The van der Waals surface area contributed by atoms with Crippen molar-refractivity contribution in [1.29, 1.82) is 0 Å². The van der Waals surface area contributed by atoms with E-state index in [1.165, 1.54) is 41.2 Å². The van der Waals surface area contributed by atoms with E-state index in [1.54, 1.807) is 6.07 Å². The highest BCUT2D eigenvalue weighted by Gasteiger charge is 2.50. The molecule has 2 saturated heterocycles. The van der Waals surface area contributed by atoms with Crippen LogP contribution in [0.1, 0.15) is 31.2 Å². The minimum absolute atomic E-state index is 0.00654. The number of thiophene rings is 1. The van der Waals surface area contributed by atoms with Crippen LogP contribution in [0, 0.1) is 11.6 Å². The van der Waals surface area contributed by atoms with E-state index in [-0.39, 0.29) is 18.2 Å². The second-order valence-electron chi connectivity index (χ2n) is 8.26. The molecule has 0 radical (unpaired) electrons. The van der Waals surface area contributed by atoms with Gasteiger partial charge in [0.05, 0.1) is 32.7 Å². The molecule has 2 aromatic rings. The van der Waals surface area contributed by atoms with Crippen molar-refractivity contribution in [2.75, 3.05) is 19.0 Å². The normalized spacial score (nSPS) is 25.5. The number of quaternary nitrogens is 1. The fourth-order valence-electron chi connectivity index (χ4n) is 4.61. The Balaban J connectivity index is 1.50. The van der Waals surface area contributed by atoms with Crippen LogP contribution in [0.3, 0.4) is 0 Å². The van der Waals surface area contributed by atoms with E-state index in [1.807, 2.05) is 11.4 Å². The van der Waals surface area contributed by atoms with E-state index >= 15 is 0 Å². The van der Waals surface area contributed by atoms with E-state index in [2.05, 4.69) is 14.1 Å². The number of carbonyl (C=O) groups excluding carboxylic acids is 1. The maximum atomic E-state index is 14.2. The number of amides is 1. The third kappa shape index (κ3) is 3.65. The Morgan fingerprint density at radius 3 is 2.54 bits per heavy atom. The van der Waals surface area contributed by atoms with Gasteiger partial charge in [-0.25, -0.2) is 13.6 Å². The number of rotatable bonds is 4. The van der Waals surface area contributed by atoms with Crippen molar-refractivity contribution < 1.29 is 22.8 Å². The number of hydrogen-bond donors (Lipinski definition) is 0. The predicted molar refractivity (Wildman–Crippen MR) is 105 cm³/mol. The van der Waals surface area contributed by atoms with Gasteiger partial charge in [0, 0.05) is 37.3 Å². The van der Waals surface area contributed by atoms with Gasteiger partial charge < -0.3 is 9.22 Å². The largest absolute Gasteiger partial charge is 0.445 e. The molecular weight excluding hydrogens is 382 g/mol. The van der Waals surface area contributed by atoms with Crippen molar-refractivity contribution in [3.63, 3.8) is 0 Å². The van der Waals surface area contributed by atoms with Gasteiger partial charge in [-0.2, -0.15) is 0 Å². The van der Waals surface area contributed by atoms with Gasteiger partial charge in [0.15, 0.2) is 0 Å². The Morgan fingerprint density at radius 1 is 1.21 bits per heavy atom. The van der Waals surface area contributed by atoms with Gasteiger partial charge in [-0.15, -0.1) is 11.3 Å². The molecule has 4 rings (SSSR count). The van der Waals surface area contributed by atoms with Crippen molar-refractivity contribution in [1.82, 2.24) is 0 Å². The number of anilines is 1. The Morgan fingerprint density at radius 2 is 1.93 bits per heavy atom. The van der Waals surface area contributed by atoms with Crippen LogP contribution in [0.25, 0.3) is 0 Å². The molecule has 1 amide bonds. The highest BCUT2D eigenvalue weighted by atomic mass is 32.1. The molecule has 150 valence electrons. The lowest BCUT2D eigenvalue weighted by Crippen LogP contribution is -2.56. The molecule has 2 atom stereocenters. The van der Waals surface area contributed by atoms with Crippen LogP contribution in [0.5, 0.6) is 0 Å². The molecule has 0 N–H and O–H groups in total. The predicted octanol–water partition coefficient (Wildman–Crippen LogP) is 4.94. The van der Waals surface area contributed by atoms with Crippen molar-refractivity contribution in [2.45, 2.75) is 50.4 Å². The highest BCUT2D eigenvalue weighted by Crippen LogP contribution is 2.41. The van der Waals surface area contributed by atoms with E-state index in [0.29, 0.717) is 17.1 Å². The molecule has 1 aromatic carbocycles. The standard InChI is InChI=1S/C21H25F2N2O2S/c1-25(2)16-7-8-17(25)12-18(11-16)27-21(26)24(20-4-3-9-28-20)13-14-5-6-15(22)10-19(14)23/h3-6,9-10,16-18H,7-8,11-13H2,1-2H3/q+1. The van der Waals surface area contributed by atoms with E-state index in [0.717, 1.165) is 23.4 Å². The lowest BCUT2D eigenvalue weighted by Gasteiger charge is -2.44. The van der Waals surface area contributed by atoms with Gasteiger partial charge in [-0.05, 0) is 23.6 Å². The third-order valence-electron chi connectivity index (χ3n) is 6.39. The average molecular weight is 408 g/mol. The molecule has 28 heavy (non-hydrogen) atoms. The quantitative estimate of drug-likeness (QED) is 0.672. The maximum absolute atomic E-state index is 14.2. The molecule has 2 aliphatic rings. The van der Waals surface area contributed by atoms with Crippen molar-refractivity contribution in [3.8, 4) is 0 Å². The molecule has 0 spiro atoms. The van der Waals surface area contributed by atoms with Crippen LogP contribution in [0.2, 0.25) is 0 Å². The zero-order valence-corrected chi connectivity index (χ0v) is 16.9. The minimum atomic E-state index is -0.663. The van der Waals surface area contributed by atoms with Gasteiger partial charge in [0.25, 0.3) is 0 Å². The molecule has 2 unspecified atom stereocenters. The zero-order valence-electron chi connectivity index (χ0n) is 16.1. The first-order valence-corrected chi connectivity index (χ1v) is 10.5. The molecular formula is C21H25F2N2O2S+. The molecule has 1 aromatic heterocycles. The summed E-state index contributed by atoms with van der Waals surface area (Å²) in [5, 5.41) is 2.54. The molecule has 7 heteroatoms. The molecule has 3 heterocycles. The number of piperidine rings is 1. The van der Waals surface area contributed by atoms with Gasteiger partial charge in [-0.3, -0.25) is 4.90 Å². The summed E-state index contributed by atoms with van der Waals surface area (Å²) in [4.78, 5) is 14.4.